The highest BCUT2D eigenvalue weighted by molar-refractivity contribution is 6.06. The number of aromatic nitrogens is 1. The number of aryl methyl sites for hydroxylation is 1. The van der Waals surface area contributed by atoms with Crippen LogP contribution in [0, 0.1) is 6.92 Å². The van der Waals surface area contributed by atoms with Crippen LogP contribution in [0.5, 0.6) is 0 Å². The van der Waals surface area contributed by atoms with Crippen LogP contribution in [0.2, 0.25) is 0 Å². The smallest absolute Gasteiger partial charge is 0.328 e. The zero-order chi connectivity index (χ0) is 50.9. The van der Waals surface area contributed by atoms with Gasteiger partial charge in [-0.25, -0.2) is 4.79 Å². The summed E-state index contributed by atoms with van der Waals surface area (Å²) < 4.78 is 29.9. The number of benzene rings is 3. The highest BCUT2D eigenvalue weighted by Gasteiger charge is 2.48. The molecular formula is C53H68N8O11. The molecule has 1 spiro atoms. The number of imide groups is 1. The number of anilines is 2. The number of amides is 7. The monoisotopic (exact) mass is 993 g/mol. The van der Waals surface area contributed by atoms with E-state index in [4.69, 9.17) is 23.7 Å². The number of rotatable bonds is 27. The van der Waals surface area contributed by atoms with Crippen molar-refractivity contribution >= 4 is 46.9 Å². The van der Waals surface area contributed by atoms with E-state index in [0.717, 1.165) is 50.0 Å². The van der Waals surface area contributed by atoms with Gasteiger partial charge in [-0.3, -0.25) is 39.1 Å². The third-order valence-electron chi connectivity index (χ3n) is 13.1. The zero-order valence-corrected chi connectivity index (χ0v) is 41.6. The minimum absolute atomic E-state index is 0.00857. The first kappa shape index (κ1) is 53.3. The molecule has 2 fully saturated rings. The molecule has 1 saturated heterocycles. The molecule has 0 radical (unpaired) electrons. The van der Waals surface area contributed by atoms with Gasteiger partial charge in [0.1, 0.15) is 5.69 Å². The Morgan fingerprint density at radius 1 is 0.681 bits per heavy atom. The zero-order valence-electron chi connectivity index (χ0n) is 41.6. The Morgan fingerprint density at radius 2 is 1.31 bits per heavy atom. The maximum Gasteiger partial charge on any atom is 0.328 e. The van der Waals surface area contributed by atoms with E-state index >= 15 is 0 Å². The number of nitrogens with zero attached hydrogens (tertiary/aromatic N) is 4. The van der Waals surface area contributed by atoms with Crippen molar-refractivity contribution in [2.24, 2.45) is 0 Å². The van der Waals surface area contributed by atoms with Gasteiger partial charge in [-0.15, -0.1) is 0 Å². The standard InChI is InChI=1S/C53H68N8O11/c1-38-5-10-42(35-45(38)61-22-17-47(62)57-52(61)67)49(64)54-21-26-69-28-30-71-32-34-72-33-31-70-29-27-68-25-18-48(63)56-43-13-8-39(9-14-43)36-55-50(65)44-15-16-46-53(19-4-20-53)59(23-24-60(44)46)37-40-6-11-41(12-7-40)51(66)58(2)3/h5-16,35H,4,17-34,36-37H2,1-3H3,(H,54,64)(H,55,65)(H,56,63)(H,57,62,67). The molecule has 1 aliphatic carbocycles. The second kappa shape index (κ2) is 26.3. The molecule has 3 aliphatic rings. The summed E-state index contributed by atoms with van der Waals surface area (Å²) in [6.07, 6.45) is 3.62. The Balaban J connectivity index is 0.671. The topological polar surface area (TPSA) is 211 Å². The van der Waals surface area contributed by atoms with Crippen molar-refractivity contribution < 1.29 is 52.5 Å². The van der Waals surface area contributed by atoms with Gasteiger partial charge < -0.3 is 49.1 Å². The lowest BCUT2D eigenvalue weighted by Crippen LogP contribution is -2.56. The van der Waals surface area contributed by atoms with E-state index in [1.165, 1.54) is 16.2 Å². The summed E-state index contributed by atoms with van der Waals surface area (Å²) in [6, 6.07) is 24.0. The van der Waals surface area contributed by atoms with Crippen molar-refractivity contribution in [1.29, 1.82) is 0 Å². The van der Waals surface area contributed by atoms with Gasteiger partial charge in [-0.1, -0.05) is 30.3 Å². The van der Waals surface area contributed by atoms with Gasteiger partial charge in [0.15, 0.2) is 0 Å². The number of nitrogens with one attached hydrogen (secondary N) is 4. The lowest BCUT2D eigenvalue weighted by molar-refractivity contribution is -0.120. The molecule has 72 heavy (non-hydrogen) atoms. The van der Waals surface area contributed by atoms with Crippen LogP contribution in [0.1, 0.15) is 85.7 Å². The average molecular weight is 993 g/mol. The van der Waals surface area contributed by atoms with Crippen molar-refractivity contribution in [3.63, 3.8) is 0 Å². The SMILES string of the molecule is Cc1ccc(C(=O)NCCOCCOCCOCCOCCOCCC(=O)Nc2ccc(CNC(=O)c3ccc4n3CCN(Cc3ccc(C(=O)N(C)C)cc3)C43CCC3)cc2)cc1N1CCC(=O)NC1=O. The number of urea groups is 1. The number of ether oxygens (including phenoxy) is 5. The molecule has 7 amide bonds. The van der Waals surface area contributed by atoms with Gasteiger partial charge in [0.2, 0.25) is 11.8 Å². The summed E-state index contributed by atoms with van der Waals surface area (Å²) in [5.74, 6) is -0.902. The molecule has 3 heterocycles. The van der Waals surface area contributed by atoms with Crippen LogP contribution in [0.25, 0.3) is 0 Å². The van der Waals surface area contributed by atoms with Crippen LogP contribution >= 0.6 is 0 Å². The van der Waals surface area contributed by atoms with Crippen LogP contribution in [0.3, 0.4) is 0 Å². The fourth-order valence-corrected chi connectivity index (χ4v) is 8.98. The number of carbonyl (C=O) groups excluding carboxylic acids is 6. The highest BCUT2D eigenvalue weighted by Crippen LogP contribution is 2.49. The number of hydrogen-bond donors (Lipinski definition) is 4. The third-order valence-corrected chi connectivity index (χ3v) is 13.1. The minimum atomic E-state index is -0.499. The van der Waals surface area contributed by atoms with E-state index in [1.807, 2.05) is 61.5 Å². The first-order valence-corrected chi connectivity index (χ1v) is 24.7. The molecule has 19 heteroatoms. The lowest BCUT2D eigenvalue weighted by Gasteiger charge is -2.53. The van der Waals surface area contributed by atoms with Crippen molar-refractivity contribution in [1.82, 2.24) is 30.3 Å². The molecule has 1 saturated carbocycles. The molecule has 0 unspecified atom stereocenters. The molecule has 4 N–H and O–H groups in total. The summed E-state index contributed by atoms with van der Waals surface area (Å²) in [5, 5.41) is 11.1. The second-order valence-electron chi connectivity index (χ2n) is 18.2. The Hall–Kier alpha value is -6.48. The van der Waals surface area contributed by atoms with Crippen molar-refractivity contribution in [3.8, 4) is 0 Å². The fourth-order valence-electron chi connectivity index (χ4n) is 8.98. The van der Waals surface area contributed by atoms with Crippen LogP contribution in [0.15, 0.2) is 78.9 Å². The molecule has 4 aromatic rings. The van der Waals surface area contributed by atoms with E-state index in [9.17, 15) is 28.8 Å². The predicted octanol–water partition coefficient (Wildman–Crippen LogP) is 4.61. The molecule has 2 aliphatic heterocycles. The van der Waals surface area contributed by atoms with E-state index in [-0.39, 0.29) is 61.1 Å². The highest BCUT2D eigenvalue weighted by atomic mass is 16.6. The fraction of sp³-hybridized carbons (Fsp3) is 0.472. The first-order valence-electron chi connectivity index (χ1n) is 24.7. The molecular weight excluding hydrogens is 925 g/mol. The van der Waals surface area contributed by atoms with Crippen LogP contribution < -0.4 is 26.2 Å². The van der Waals surface area contributed by atoms with Gasteiger partial charge in [-0.05, 0) is 91.4 Å². The molecule has 0 atom stereocenters. The molecule has 19 nitrogen and oxygen atoms in total. The second-order valence-corrected chi connectivity index (χ2v) is 18.2. The van der Waals surface area contributed by atoms with Gasteiger partial charge >= 0.3 is 6.03 Å². The van der Waals surface area contributed by atoms with Gasteiger partial charge in [0.25, 0.3) is 17.7 Å². The molecule has 7 rings (SSSR count). The van der Waals surface area contributed by atoms with Gasteiger partial charge in [0, 0.05) is 88.0 Å². The normalized spacial score (nSPS) is 15.1. The van der Waals surface area contributed by atoms with Crippen molar-refractivity contribution in [3.05, 3.63) is 118 Å². The molecule has 3 aromatic carbocycles. The van der Waals surface area contributed by atoms with Crippen molar-refractivity contribution in [2.45, 2.75) is 64.2 Å². The summed E-state index contributed by atoms with van der Waals surface area (Å²) in [7, 11) is 3.51. The predicted molar refractivity (Wildman–Crippen MR) is 269 cm³/mol. The maximum atomic E-state index is 13.5. The third kappa shape index (κ3) is 14.4. The number of carbonyl (C=O) groups is 6. The van der Waals surface area contributed by atoms with E-state index in [1.54, 1.807) is 37.2 Å². The average Bonchev–Trinajstić information content (AvgIpc) is 3.80. The Bertz CT molecular complexity index is 2490. The lowest BCUT2D eigenvalue weighted by atomic mass is 9.71. The van der Waals surface area contributed by atoms with E-state index in [2.05, 4.69) is 36.8 Å². The number of fused-ring (bicyclic) bond motifs is 2. The summed E-state index contributed by atoms with van der Waals surface area (Å²) in [5.41, 5.74) is 6.98. The van der Waals surface area contributed by atoms with Crippen LogP contribution in [0.4, 0.5) is 16.2 Å². The maximum absolute atomic E-state index is 13.5. The first-order chi connectivity index (χ1) is 34.9. The van der Waals surface area contributed by atoms with Crippen molar-refractivity contribution in [2.75, 3.05) is 110 Å². The molecule has 0 bridgehead atoms. The Kier molecular flexibility index (Phi) is 19.5. The summed E-state index contributed by atoms with van der Waals surface area (Å²) in [4.78, 5) is 80.4. The summed E-state index contributed by atoms with van der Waals surface area (Å²) in [6.45, 7) is 8.68. The quantitative estimate of drug-likeness (QED) is 0.0604. The minimum Gasteiger partial charge on any atom is -0.379 e. The molecule has 386 valence electrons. The van der Waals surface area contributed by atoms with Crippen LogP contribution in [-0.2, 0) is 58.4 Å². The van der Waals surface area contributed by atoms with E-state index in [0.29, 0.717) is 101 Å². The Morgan fingerprint density at radius 3 is 1.93 bits per heavy atom. The van der Waals surface area contributed by atoms with E-state index < -0.39 is 6.03 Å². The van der Waals surface area contributed by atoms with Gasteiger partial charge in [-0.2, -0.15) is 0 Å². The largest absolute Gasteiger partial charge is 0.379 e. The Labute approximate surface area is 420 Å². The van der Waals surface area contributed by atoms with Gasteiger partial charge in [0.05, 0.1) is 78.0 Å². The molecule has 1 aromatic heterocycles. The van der Waals surface area contributed by atoms with Crippen LogP contribution in [-0.4, -0.2) is 150 Å². The number of hydrogen-bond acceptors (Lipinski definition) is 12. The summed E-state index contributed by atoms with van der Waals surface area (Å²) >= 11 is 0.